The highest BCUT2D eigenvalue weighted by Gasteiger charge is 2.37. The van der Waals surface area contributed by atoms with Crippen molar-refractivity contribution in [2.24, 2.45) is 5.10 Å². The van der Waals surface area contributed by atoms with E-state index in [1.54, 1.807) is 6.92 Å². The van der Waals surface area contributed by atoms with Crippen molar-refractivity contribution in [3.63, 3.8) is 0 Å². The van der Waals surface area contributed by atoms with Crippen LogP contribution in [0.15, 0.2) is 53.6 Å². The van der Waals surface area contributed by atoms with Gasteiger partial charge in [0, 0.05) is 10.0 Å². The van der Waals surface area contributed by atoms with Crippen LogP contribution in [0.5, 0.6) is 11.5 Å². The molecule has 0 atom stereocenters. The Morgan fingerprint density at radius 2 is 1.41 bits per heavy atom. The maximum absolute atomic E-state index is 12.7. The van der Waals surface area contributed by atoms with Gasteiger partial charge in [-0.05, 0) is 55.5 Å². The Kier molecular flexibility index (Phi) is 6.20. The second-order valence-corrected chi connectivity index (χ2v) is 6.65. The molecule has 0 unspecified atom stereocenters. The minimum atomic E-state index is -1.16. The molecule has 0 bridgehead atoms. The van der Waals surface area contributed by atoms with Crippen molar-refractivity contribution in [2.75, 3.05) is 6.54 Å². The van der Waals surface area contributed by atoms with E-state index in [0.29, 0.717) is 20.8 Å². The van der Waals surface area contributed by atoms with Gasteiger partial charge in [-0.15, -0.1) is 5.01 Å². The van der Waals surface area contributed by atoms with Crippen molar-refractivity contribution in [3.8, 4) is 11.5 Å². The van der Waals surface area contributed by atoms with Crippen molar-refractivity contribution in [1.29, 1.82) is 0 Å². The minimum Gasteiger partial charge on any atom is -0.409 e. The fourth-order valence-electron chi connectivity index (χ4n) is 2.25. The van der Waals surface area contributed by atoms with Gasteiger partial charge in [0.25, 0.3) is 0 Å². The van der Waals surface area contributed by atoms with E-state index in [9.17, 15) is 14.4 Å². The van der Waals surface area contributed by atoms with Crippen molar-refractivity contribution in [2.45, 2.75) is 6.92 Å². The van der Waals surface area contributed by atoms with E-state index in [0.717, 1.165) is 5.01 Å². The third-order valence-corrected chi connectivity index (χ3v) is 4.08. The van der Waals surface area contributed by atoms with E-state index in [4.69, 9.17) is 32.7 Å². The van der Waals surface area contributed by atoms with Crippen LogP contribution in [0.1, 0.15) is 6.92 Å². The van der Waals surface area contributed by atoms with Gasteiger partial charge in [0.1, 0.15) is 11.5 Å². The average molecular weight is 437 g/mol. The zero-order valence-electron chi connectivity index (χ0n) is 15.0. The van der Waals surface area contributed by atoms with E-state index in [-0.39, 0.29) is 18.0 Å². The number of hydrazone groups is 1. The van der Waals surface area contributed by atoms with Gasteiger partial charge in [0.2, 0.25) is 0 Å². The van der Waals surface area contributed by atoms with E-state index >= 15 is 0 Å². The summed E-state index contributed by atoms with van der Waals surface area (Å²) in [6, 6.07) is 11.0. The summed E-state index contributed by atoms with van der Waals surface area (Å²) in [4.78, 5) is 37.6. The lowest BCUT2D eigenvalue weighted by Gasteiger charge is -2.32. The summed E-state index contributed by atoms with van der Waals surface area (Å²) in [5, 5.41) is 5.90. The first-order valence-electron chi connectivity index (χ1n) is 8.19. The van der Waals surface area contributed by atoms with Gasteiger partial charge >= 0.3 is 18.2 Å². The molecule has 2 aromatic carbocycles. The predicted molar refractivity (Wildman–Crippen MR) is 105 cm³/mol. The molecule has 150 valence electrons. The van der Waals surface area contributed by atoms with Crippen LogP contribution >= 0.6 is 23.2 Å². The number of nitrogens with zero attached hydrogens (tertiary/aromatic N) is 3. The Hall–Kier alpha value is -3.30. The molecule has 3 rings (SSSR count). The standard InChI is InChI=1S/C18H14Cl2N4O5/c1-11-10-23(16(25)22-21-11)24(17(26)28-14-6-2-12(19)3-7-14)18(27)29-15-8-4-13(20)5-9-15/h2-9H,10H2,1H3,(H,22,25). The summed E-state index contributed by atoms with van der Waals surface area (Å²) in [6.45, 7) is 1.48. The molecule has 1 aliphatic heterocycles. The third kappa shape index (κ3) is 5.15. The highest BCUT2D eigenvalue weighted by Crippen LogP contribution is 2.20. The Balaban J connectivity index is 1.85. The first-order chi connectivity index (χ1) is 13.8. The van der Waals surface area contributed by atoms with E-state index in [1.807, 2.05) is 0 Å². The van der Waals surface area contributed by atoms with Crippen LogP contribution in [0.3, 0.4) is 0 Å². The summed E-state index contributed by atoms with van der Waals surface area (Å²) in [5.41, 5.74) is 2.65. The molecule has 1 N–H and O–H groups in total. The lowest BCUT2D eigenvalue weighted by molar-refractivity contribution is 0.0396. The van der Waals surface area contributed by atoms with E-state index in [2.05, 4.69) is 10.5 Å². The maximum Gasteiger partial charge on any atom is 0.444 e. The van der Waals surface area contributed by atoms with Crippen LogP contribution in [-0.2, 0) is 0 Å². The van der Waals surface area contributed by atoms with Crippen molar-refractivity contribution >= 4 is 47.1 Å². The number of ether oxygens (including phenoxy) is 2. The monoisotopic (exact) mass is 436 g/mol. The summed E-state index contributed by atoms with van der Waals surface area (Å²) in [6.07, 6.45) is -2.31. The van der Waals surface area contributed by atoms with Gasteiger partial charge in [-0.2, -0.15) is 5.10 Å². The summed E-state index contributed by atoms with van der Waals surface area (Å²) >= 11 is 11.6. The summed E-state index contributed by atoms with van der Waals surface area (Å²) in [7, 11) is 0. The largest absolute Gasteiger partial charge is 0.444 e. The summed E-state index contributed by atoms with van der Waals surface area (Å²) < 4.78 is 10.4. The number of amides is 4. The first kappa shape index (κ1) is 20.4. The lowest BCUT2D eigenvalue weighted by Crippen LogP contribution is -2.59. The molecular formula is C18H14Cl2N4O5. The second kappa shape index (κ2) is 8.80. The highest BCUT2D eigenvalue weighted by atomic mass is 35.5. The molecule has 2 aromatic rings. The zero-order chi connectivity index (χ0) is 21.0. The lowest BCUT2D eigenvalue weighted by atomic mass is 10.3. The molecular weight excluding hydrogens is 423 g/mol. The number of carbonyl (C=O) groups is 3. The average Bonchev–Trinajstić information content (AvgIpc) is 2.68. The van der Waals surface area contributed by atoms with Crippen LogP contribution in [0.4, 0.5) is 14.4 Å². The molecule has 1 aliphatic rings. The number of hydrazine groups is 1. The number of nitrogens with one attached hydrogen (secondary N) is 1. The number of urea groups is 1. The number of imide groups is 1. The Morgan fingerprint density at radius 1 is 0.966 bits per heavy atom. The molecule has 4 amide bonds. The van der Waals surface area contributed by atoms with Crippen LogP contribution in [0.25, 0.3) is 0 Å². The molecule has 1 heterocycles. The molecule has 0 saturated carbocycles. The maximum atomic E-state index is 12.7. The third-order valence-electron chi connectivity index (χ3n) is 3.58. The number of benzene rings is 2. The molecule has 0 aliphatic carbocycles. The van der Waals surface area contributed by atoms with Crippen LogP contribution in [-0.4, -0.2) is 40.5 Å². The van der Waals surface area contributed by atoms with Gasteiger partial charge < -0.3 is 9.47 Å². The Bertz CT molecular complexity index is 904. The smallest absolute Gasteiger partial charge is 0.409 e. The molecule has 0 spiro atoms. The normalized spacial score (nSPS) is 13.3. The van der Waals surface area contributed by atoms with Crippen LogP contribution < -0.4 is 14.9 Å². The van der Waals surface area contributed by atoms with Crippen molar-refractivity contribution in [3.05, 3.63) is 58.6 Å². The Morgan fingerprint density at radius 3 is 1.86 bits per heavy atom. The fraction of sp³-hybridized carbons (Fsp3) is 0.111. The van der Waals surface area contributed by atoms with Gasteiger partial charge in [-0.1, -0.05) is 23.2 Å². The second-order valence-electron chi connectivity index (χ2n) is 5.78. The molecule has 11 heteroatoms. The topological polar surface area (TPSA) is 101 Å². The van der Waals surface area contributed by atoms with Gasteiger partial charge in [0.15, 0.2) is 0 Å². The fourth-order valence-corrected chi connectivity index (χ4v) is 2.50. The number of halogens is 2. The molecule has 0 aromatic heterocycles. The van der Waals surface area contributed by atoms with Crippen LogP contribution in [0.2, 0.25) is 10.0 Å². The van der Waals surface area contributed by atoms with Gasteiger partial charge in [-0.25, -0.2) is 24.8 Å². The number of rotatable bonds is 3. The molecule has 29 heavy (non-hydrogen) atoms. The molecule has 0 radical (unpaired) electrons. The number of carbonyl (C=O) groups excluding carboxylic acids is 3. The quantitative estimate of drug-likeness (QED) is 0.772. The van der Waals surface area contributed by atoms with Gasteiger partial charge in [0.05, 0.1) is 12.3 Å². The number of hydrogen-bond donors (Lipinski definition) is 1. The molecule has 0 saturated heterocycles. The summed E-state index contributed by atoms with van der Waals surface area (Å²) in [5.74, 6) is 0.234. The van der Waals surface area contributed by atoms with Crippen molar-refractivity contribution in [1.82, 2.24) is 15.4 Å². The predicted octanol–water partition coefficient (Wildman–Crippen LogP) is 4.31. The van der Waals surface area contributed by atoms with E-state index in [1.165, 1.54) is 48.5 Å². The minimum absolute atomic E-state index is 0.117. The Labute approximate surface area is 175 Å². The van der Waals surface area contributed by atoms with E-state index < -0.39 is 18.2 Å². The molecule has 0 fully saturated rings. The van der Waals surface area contributed by atoms with Crippen LogP contribution in [0, 0.1) is 0 Å². The number of hydrogen-bond acceptors (Lipinski definition) is 6. The van der Waals surface area contributed by atoms with Crippen molar-refractivity contribution < 1.29 is 23.9 Å². The molecule has 9 nitrogen and oxygen atoms in total. The van der Waals surface area contributed by atoms with Gasteiger partial charge in [-0.3, -0.25) is 0 Å². The zero-order valence-corrected chi connectivity index (χ0v) is 16.5. The SMILES string of the molecule is CC1=NNC(=O)N(N(C(=O)Oc2ccc(Cl)cc2)C(=O)Oc2ccc(Cl)cc2)C1. The first-order valence-corrected chi connectivity index (χ1v) is 8.94. The highest BCUT2D eigenvalue weighted by molar-refractivity contribution is 6.30.